The van der Waals surface area contributed by atoms with Crippen LogP contribution in [0, 0.1) is 0 Å². The Kier molecular flexibility index (Phi) is 4.42. The van der Waals surface area contributed by atoms with Crippen molar-refractivity contribution < 1.29 is 0 Å². The molecule has 1 fully saturated rings. The lowest BCUT2D eigenvalue weighted by Gasteiger charge is -2.36. The number of benzene rings is 1. The first-order valence-corrected chi connectivity index (χ1v) is 8.28. The maximum atomic E-state index is 3.86. The number of hydrogen-bond acceptors (Lipinski definition) is 2. The molecule has 1 aliphatic heterocycles. The maximum Gasteiger partial charge on any atom is 0.0323 e. The van der Waals surface area contributed by atoms with Crippen molar-refractivity contribution in [2.45, 2.75) is 57.0 Å². The van der Waals surface area contributed by atoms with Gasteiger partial charge in [0, 0.05) is 18.6 Å². The van der Waals surface area contributed by atoms with Crippen molar-refractivity contribution in [1.29, 1.82) is 0 Å². The van der Waals surface area contributed by atoms with Crippen LogP contribution in [0.3, 0.4) is 0 Å². The fourth-order valence-electron chi connectivity index (χ4n) is 3.90. The summed E-state index contributed by atoms with van der Waals surface area (Å²) in [7, 11) is 2.28. The largest absolute Gasteiger partial charge is 0.308 e. The molecule has 0 radical (unpaired) electrons. The average molecular weight is 272 g/mol. The van der Waals surface area contributed by atoms with Crippen LogP contribution >= 0.6 is 0 Å². The predicted molar refractivity (Wildman–Crippen MR) is 85.1 cm³/mol. The molecule has 1 heterocycles. The number of hydrogen-bond donors (Lipinski definition) is 1. The summed E-state index contributed by atoms with van der Waals surface area (Å²) < 4.78 is 0. The lowest BCUT2D eigenvalue weighted by Crippen LogP contribution is -2.44. The summed E-state index contributed by atoms with van der Waals surface area (Å²) in [5.74, 6) is 0.724. The minimum absolute atomic E-state index is 0.567. The van der Waals surface area contributed by atoms with Crippen molar-refractivity contribution in [3.05, 3.63) is 35.4 Å². The Hall–Kier alpha value is -0.860. The van der Waals surface area contributed by atoms with E-state index in [1.165, 1.54) is 38.6 Å². The number of fused-ring (bicyclic) bond motifs is 1. The number of likely N-dealkylation sites (tertiary alicyclic amines) is 1. The van der Waals surface area contributed by atoms with Gasteiger partial charge in [-0.05, 0) is 56.3 Å². The summed E-state index contributed by atoms with van der Waals surface area (Å²) >= 11 is 0. The van der Waals surface area contributed by atoms with Crippen LogP contribution in [0.1, 0.15) is 62.1 Å². The van der Waals surface area contributed by atoms with Gasteiger partial charge in [-0.25, -0.2) is 0 Å². The van der Waals surface area contributed by atoms with E-state index in [9.17, 15) is 0 Å². The highest BCUT2D eigenvalue weighted by Gasteiger charge is 2.25. The molecular weight excluding hydrogens is 244 g/mol. The third-order valence-corrected chi connectivity index (χ3v) is 5.31. The van der Waals surface area contributed by atoms with Crippen LogP contribution in [-0.4, -0.2) is 31.1 Å². The van der Waals surface area contributed by atoms with Gasteiger partial charge in [0.15, 0.2) is 0 Å². The Balaban J connectivity index is 1.65. The van der Waals surface area contributed by atoms with E-state index in [4.69, 9.17) is 0 Å². The minimum atomic E-state index is 0.567. The maximum absolute atomic E-state index is 3.86. The van der Waals surface area contributed by atoms with Crippen molar-refractivity contribution in [2.75, 3.05) is 20.1 Å². The predicted octanol–water partition coefficient (Wildman–Crippen LogP) is 3.70. The zero-order chi connectivity index (χ0) is 13.9. The second kappa shape index (κ2) is 6.28. The lowest BCUT2D eigenvalue weighted by molar-refractivity contribution is 0.176. The molecule has 1 N–H and O–H groups in total. The zero-order valence-electron chi connectivity index (χ0n) is 12.9. The van der Waals surface area contributed by atoms with Crippen LogP contribution in [0.2, 0.25) is 0 Å². The standard InChI is InChI=1S/C18H28N2/c1-14-10-11-18(17-9-4-3-8-16(14)17)19-13-15-7-5-6-12-20(15)2/h3-4,8-9,14-15,18-19H,5-7,10-13H2,1-2H3. The lowest BCUT2D eigenvalue weighted by atomic mass is 9.81. The van der Waals surface area contributed by atoms with Crippen LogP contribution in [0.4, 0.5) is 0 Å². The van der Waals surface area contributed by atoms with Gasteiger partial charge < -0.3 is 10.2 Å². The van der Waals surface area contributed by atoms with Gasteiger partial charge in [-0.2, -0.15) is 0 Å². The van der Waals surface area contributed by atoms with Gasteiger partial charge in [-0.3, -0.25) is 0 Å². The normalized spacial score (nSPS) is 31.0. The van der Waals surface area contributed by atoms with Crippen LogP contribution in [-0.2, 0) is 0 Å². The fourth-order valence-corrected chi connectivity index (χ4v) is 3.90. The van der Waals surface area contributed by atoms with Crippen molar-refractivity contribution >= 4 is 0 Å². The molecule has 3 rings (SSSR count). The molecule has 1 aliphatic carbocycles. The first-order chi connectivity index (χ1) is 9.75. The Morgan fingerprint density at radius 1 is 1.10 bits per heavy atom. The molecule has 0 saturated carbocycles. The summed E-state index contributed by atoms with van der Waals surface area (Å²) in [6, 6.07) is 10.3. The minimum Gasteiger partial charge on any atom is -0.308 e. The topological polar surface area (TPSA) is 15.3 Å². The molecule has 0 spiro atoms. The number of nitrogens with one attached hydrogen (secondary N) is 1. The summed E-state index contributed by atoms with van der Waals surface area (Å²) in [6.07, 6.45) is 6.73. The highest BCUT2D eigenvalue weighted by molar-refractivity contribution is 5.34. The van der Waals surface area contributed by atoms with E-state index in [1.807, 2.05) is 0 Å². The molecule has 0 bridgehead atoms. The van der Waals surface area contributed by atoms with Gasteiger partial charge in [0.25, 0.3) is 0 Å². The first kappa shape index (κ1) is 14.1. The van der Waals surface area contributed by atoms with Crippen LogP contribution < -0.4 is 5.32 Å². The molecule has 3 unspecified atom stereocenters. The molecule has 1 saturated heterocycles. The molecule has 0 amide bonds. The Morgan fingerprint density at radius 2 is 1.90 bits per heavy atom. The number of rotatable bonds is 3. The summed E-state index contributed by atoms with van der Waals surface area (Å²) in [4.78, 5) is 2.54. The van der Waals surface area contributed by atoms with Crippen molar-refractivity contribution in [1.82, 2.24) is 10.2 Å². The smallest absolute Gasteiger partial charge is 0.0323 e. The van der Waals surface area contributed by atoms with Crippen molar-refractivity contribution in [3.8, 4) is 0 Å². The molecule has 1 aromatic carbocycles. The number of likely N-dealkylation sites (N-methyl/N-ethyl adjacent to an activating group) is 1. The third kappa shape index (κ3) is 2.91. The van der Waals surface area contributed by atoms with Crippen molar-refractivity contribution in [3.63, 3.8) is 0 Å². The Morgan fingerprint density at radius 3 is 2.70 bits per heavy atom. The molecule has 110 valence electrons. The van der Waals surface area contributed by atoms with E-state index in [-0.39, 0.29) is 0 Å². The van der Waals surface area contributed by atoms with Gasteiger partial charge in [-0.15, -0.1) is 0 Å². The van der Waals surface area contributed by atoms with Gasteiger partial charge >= 0.3 is 0 Å². The Bertz CT molecular complexity index is 443. The summed E-state index contributed by atoms with van der Waals surface area (Å²) in [5, 5.41) is 3.86. The summed E-state index contributed by atoms with van der Waals surface area (Å²) in [5.41, 5.74) is 3.11. The fraction of sp³-hybridized carbons (Fsp3) is 0.667. The molecule has 1 aromatic rings. The van der Waals surface area contributed by atoms with E-state index in [0.29, 0.717) is 6.04 Å². The van der Waals surface area contributed by atoms with E-state index in [0.717, 1.165) is 18.5 Å². The zero-order valence-corrected chi connectivity index (χ0v) is 12.9. The molecule has 2 aliphatic rings. The SMILES string of the molecule is CC1CCC(NCC2CCCCN2C)c2ccccc21. The third-order valence-electron chi connectivity index (χ3n) is 5.31. The molecule has 2 nitrogen and oxygen atoms in total. The van der Waals surface area contributed by atoms with E-state index < -0.39 is 0 Å². The van der Waals surface area contributed by atoms with E-state index >= 15 is 0 Å². The highest BCUT2D eigenvalue weighted by Crippen LogP contribution is 2.37. The quantitative estimate of drug-likeness (QED) is 0.902. The van der Waals surface area contributed by atoms with Crippen molar-refractivity contribution in [2.24, 2.45) is 0 Å². The second-order valence-corrected chi connectivity index (χ2v) is 6.70. The van der Waals surface area contributed by atoms with Gasteiger partial charge in [0.2, 0.25) is 0 Å². The van der Waals surface area contributed by atoms with Gasteiger partial charge in [0.1, 0.15) is 0 Å². The Labute approximate surface area is 123 Å². The van der Waals surface area contributed by atoms with Gasteiger partial charge in [-0.1, -0.05) is 37.6 Å². The van der Waals surface area contributed by atoms with E-state index in [2.05, 4.69) is 48.5 Å². The molecule has 3 atom stereocenters. The molecule has 20 heavy (non-hydrogen) atoms. The van der Waals surface area contributed by atoms with Crippen LogP contribution in [0.25, 0.3) is 0 Å². The molecular formula is C18H28N2. The first-order valence-electron chi connectivity index (χ1n) is 8.28. The number of piperidine rings is 1. The molecule has 2 heteroatoms. The van der Waals surface area contributed by atoms with Crippen LogP contribution in [0.15, 0.2) is 24.3 Å². The second-order valence-electron chi connectivity index (χ2n) is 6.70. The van der Waals surface area contributed by atoms with Crippen LogP contribution in [0.5, 0.6) is 0 Å². The number of nitrogens with zero attached hydrogens (tertiary/aromatic N) is 1. The summed E-state index contributed by atoms with van der Waals surface area (Å²) in [6.45, 7) is 4.78. The molecule has 0 aromatic heterocycles. The highest BCUT2D eigenvalue weighted by atomic mass is 15.2. The average Bonchev–Trinajstić information content (AvgIpc) is 2.48. The monoisotopic (exact) mass is 272 g/mol. The van der Waals surface area contributed by atoms with E-state index in [1.54, 1.807) is 11.1 Å². The van der Waals surface area contributed by atoms with Gasteiger partial charge in [0.05, 0.1) is 0 Å².